The van der Waals surface area contributed by atoms with Gasteiger partial charge in [0.25, 0.3) is 0 Å². The molecule has 0 bridgehead atoms. The monoisotopic (exact) mass is 211 g/mol. The van der Waals surface area contributed by atoms with Crippen LogP contribution in [-0.4, -0.2) is 12.1 Å². The zero-order chi connectivity index (χ0) is 11.7. The molecule has 0 spiro atoms. The van der Waals surface area contributed by atoms with Gasteiger partial charge >= 0.3 is 0 Å². The summed E-state index contributed by atoms with van der Waals surface area (Å²) in [6.45, 7) is 12.3. The lowest BCUT2D eigenvalue weighted by Crippen LogP contribution is -2.36. The van der Waals surface area contributed by atoms with Crippen LogP contribution in [0.3, 0.4) is 0 Å². The van der Waals surface area contributed by atoms with Gasteiger partial charge in [-0.05, 0) is 46.1 Å². The van der Waals surface area contributed by atoms with E-state index in [1.807, 2.05) is 0 Å². The predicted molar refractivity (Wildman–Crippen MR) is 70.2 cm³/mol. The molecule has 0 aliphatic rings. The van der Waals surface area contributed by atoms with Crippen LogP contribution in [-0.2, 0) is 0 Å². The number of hydrogen-bond donors (Lipinski definition) is 1. The molecule has 0 unspecified atom stereocenters. The normalized spacial score (nSPS) is 12.9. The molecule has 0 fully saturated rings. The van der Waals surface area contributed by atoms with Gasteiger partial charge in [0.2, 0.25) is 0 Å². The zero-order valence-electron chi connectivity index (χ0n) is 11.3. The van der Waals surface area contributed by atoms with Crippen LogP contribution in [0.25, 0.3) is 0 Å². The summed E-state index contributed by atoms with van der Waals surface area (Å²) in [6, 6.07) is 0. The SMILES string of the molecule is CCC(CC)C/C=C/CCNC(C)(C)C. The Labute approximate surface area is 96.3 Å². The minimum absolute atomic E-state index is 0.253. The lowest BCUT2D eigenvalue weighted by Gasteiger charge is -2.19. The second-order valence-electron chi connectivity index (χ2n) is 5.36. The van der Waals surface area contributed by atoms with Crippen LogP contribution in [0.5, 0.6) is 0 Å². The molecule has 1 nitrogen and oxygen atoms in total. The fourth-order valence-electron chi connectivity index (χ4n) is 1.56. The lowest BCUT2D eigenvalue weighted by atomic mass is 9.99. The van der Waals surface area contributed by atoms with Crippen molar-refractivity contribution >= 4 is 0 Å². The van der Waals surface area contributed by atoms with Gasteiger partial charge in [-0.25, -0.2) is 0 Å². The summed E-state index contributed by atoms with van der Waals surface area (Å²) in [5.74, 6) is 0.886. The molecule has 0 amide bonds. The van der Waals surface area contributed by atoms with Crippen LogP contribution in [0, 0.1) is 5.92 Å². The van der Waals surface area contributed by atoms with Gasteiger partial charge in [-0.1, -0.05) is 38.8 Å². The van der Waals surface area contributed by atoms with E-state index in [0.717, 1.165) is 18.9 Å². The molecule has 90 valence electrons. The summed E-state index contributed by atoms with van der Waals surface area (Å²) in [7, 11) is 0. The third-order valence-corrected chi connectivity index (χ3v) is 2.76. The molecule has 0 aliphatic heterocycles. The average Bonchev–Trinajstić information content (AvgIpc) is 2.15. The molecule has 1 N–H and O–H groups in total. The van der Waals surface area contributed by atoms with Gasteiger partial charge in [0, 0.05) is 5.54 Å². The highest BCUT2D eigenvalue weighted by Gasteiger charge is 2.06. The van der Waals surface area contributed by atoms with Crippen LogP contribution >= 0.6 is 0 Å². The van der Waals surface area contributed by atoms with Gasteiger partial charge < -0.3 is 5.32 Å². The third kappa shape index (κ3) is 9.99. The molecule has 0 aromatic heterocycles. The fraction of sp³-hybridized carbons (Fsp3) is 0.857. The molecule has 0 saturated heterocycles. The van der Waals surface area contributed by atoms with Crippen LogP contribution in [0.1, 0.15) is 60.3 Å². The second kappa shape index (κ2) is 7.92. The molecule has 0 heterocycles. The molecule has 15 heavy (non-hydrogen) atoms. The Bertz CT molecular complexity index is 161. The van der Waals surface area contributed by atoms with Gasteiger partial charge in [0.15, 0.2) is 0 Å². The first kappa shape index (κ1) is 14.7. The molecule has 1 heteroatoms. The number of rotatable bonds is 7. The smallest absolute Gasteiger partial charge is 0.00966 e. The topological polar surface area (TPSA) is 12.0 Å². The van der Waals surface area contributed by atoms with Gasteiger partial charge in [0.1, 0.15) is 0 Å². The third-order valence-electron chi connectivity index (χ3n) is 2.76. The Hall–Kier alpha value is -0.300. The standard InChI is InChI=1S/C14H29N/c1-6-13(7-2)11-9-8-10-12-15-14(3,4)5/h8-9,13,15H,6-7,10-12H2,1-5H3/b9-8+. The predicted octanol–water partition coefficient (Wildman–Crippen LogP) is 4.15. The first-order valence-corrected chi connectivity index (χ1v) is 6.39. The highest BCUT2D eigenvalue weighted by Crippen LogP contribution is 2.12. The van der Waals surface area contributed by atoms with Crippen molar-refractivity contribution in [3.05, 3.63) is 12.2 Å². The van der Waals surface area contributed by atoms with E-state index in [1.165, 1.54) is 19.3 Å². The van der Waals surface area contributed by atoms with Crippen LogP contribution in [0.4, 0.5) is 0 Å². The molecular formula is C14H29N. The molecular weight excluding hydrogens is 182 g/mol. The number of hydrogen-bond acceptors (Lipinski definition) is 1. The maximum atomic E-state index is 3.49. The van der Waals surface area contributed by atoms with E-state index in [4.69, 9.17) is 0 Å². The first-order chi connectivity index (χ1) is 6.99. The summed E-state index contributed by atoms with van der Waals surface area (Å²) in [5.41, 5.74) is 0.253. The van der Waals surface area contributed by atoms with Crippen molar-refractivity contribution in [1.29, 1.82) is 0 Å². The van der Waals surface area contributed by atoms with Crippen LogP contribution < -0.4 is 5.32 Å². The maximum absolute atomic E-state index is 3.49. The Kier molecular flexibility index (Phi) is 7.76. The lowest BCUT2D eigenvalue weighted by molar-refractivity contribution is 0.431. The summed E-state index contributed by atoms with van der Waals surface area (Å²) in [5, 5.41) is 3.49. The maximum Gasteiger partial charge on any atom is 0.00966 e. The van der Waals surface area contributed by atoms with Crippen molar-refractivity contribution in [2.24, 2.45) is 5.92 Å². The van der Waals surface area contributed by atoms with Crippen molar-refractivity contribution in [1.82, 2.24) is 5.32 Å². The quantitative estimate of drug-likeness (QED) is 0.493. The highest BCUT2D eigenvalue weighted by molar-refractivity contribution is 4.85. The Balaban J connectivity index is 3.47. The van der Waals surface area contributed by atoms with E-state index in [9.17, 15) is 0 Å². The van der Waals surface area contributed by atoms with Gasteiger partial charge in [-0.3, -0.25) is 0 Å². The van der Waals surface area contributed by atoms with E-state index in [1.54, 1.807) is 0 Å². The minimum Gasteiger partial charge on any atom is -0.312 e. The molecule has 0 saturated carbocycles. The summed E-state index contributed by atoms with van der Waals surface area (Å²) < 4.78 is 0. The molecule has 0 rings (SSSR count). The van der Waals surface area contributed by atoms with E-state index < -0.39 is 0 Å². The van der Waals surface area contributed by atoms with Crippen molar-refractivity contribution < 1.29 is 0 Å². The van der Waals surface area contributed by atoms with Crippen molar-refractivity contribution in [3.63, 3.8) is 0 Å². The molecule has 0 aromatic rings. The Morgan fingerprint density at radius 2 is 1.67 bits per heavy atom. The van der Waals surface area contributed by atoms with Gasteiger partial charge in [-0.15, -0.1) is 0 Å². The summed E-state index contributed by atoms with van der Waals surface area (Å²) in [6.07, 6.45) is 9.68. The molecule has 0 aromatic carbocycles. The Morgan fingerprint density at radius 1 is 1.07 bits per heavy atom. The molecule has 0 radical (unpaired) electrons. The summed E-state index contributed by atoms with van der Waals surface area (Å²) in [4.78, 5) is 0. The minimum atomic E-state index is 0.253. The molecule has 0 atom stereocenters. The van der Waals surface area contributed by atoms with Gasteiger partial charge in [-0.2, -0.15) is 0 Å². The highest BCUT2D eigenvalue weighted by atomic mass is 14.9. The summed E-state index contributed by atoms with van der Waals surface area (Å²) >= 11 is 0. The molecule has 0 aliphatic carbocycles. The number of nitrogens with one attached hydrogen (secondary N) is 1. The fourth-order valence-corrected chi connectivity index (χ4v) is 1.56. The van der Waals surface area contributed by atoms with Crippen molar-refractivity contribution in [3.8, 4) is 0 Å². The van der Waals surface area contributed by atoms with Crippen molar-refractivity contribution in [2.75, 3.05) is 6.54 Å². The zero-order valence-corrected chi connectivity index (χ0v) is 11.3. The van der Waals surface area contributed by atoms with E-state index in [2.05, 4.69) is 52.1 Å². The van der Waals surface area contributed by atoms with Gasteiger partial charge in [0.05, 0.1) is 0 Å². The largest absolute Gasteiger partial charge is 0.312 e. The van der Waals surface area contributed by atoms with E-state index in [0.29, 0.717) is 0 Å². The first-order valence-electron chi connectivity index (χ1n) is 6.39. The average molecular weight is 211 g/mol. The van der Waals surface area contributed by atoms with Crippen molar-refractivity contribution in [2.45, 2.75) is 65.8 Å². The number of allylic oxidation sites excluding steroid dienone is 1. The van der Waals surface area contributed by atoms with Crippen LogP contribution in [0.2, 0.25) is 0 Å². The van der Waals surface area contributed by atoms with E-state index >= 15 is 0 Å². The van der Waals surface area contributed by atoms with Crippen LogP contribution in [0.15, 0.2) is 12.2 Å². The second-order valence-corrected chi connectivity index (χ2v) is 5.36. The van der Waals surface area contributed by atoms with E-state index in [-0.39, 0.29) is 5.54 Å². The Morgan fingerprint density at radius 3 is 2.13 bits per heavy atom.